The SMILES string of the molecule is O=C(NCC(NC(=O)c1ccc(Cl)s1)c1ccccc1)c1ccc(-n2ccccc2=O)cc1. The fourth-order valence-electron chi connectivity index (χ4n) is 3.31. The second kappa shape index (κ2) is 10.3. The Hall–Kier alpha value is -3.68. The van der Waals surface area contributed by atoms with Gasteiger partial charge in [0.2, 0.25) is 0 Å². The molecule has 4 rings (SSSR count). The molecule has 0 fully saturated rings. The van der Waals surface area contributed by atoms with Crippen LogP contribution in [0.3, 0.4) is 0 Å². The van der Waals surface area contributed by atoms with Crippen LogP contribution < -0.4 is 16.2 Å². The van der Waals surface area contributed by atoms with E-state index in [1.807, 2.05) is 30.3 Å². The van der Waals surface area contributed by atoms with E-state index in [9.17, 15) is 14.4 Å². The van der Waals surface area contributed by atoms with Gasteiger partial charge in [0.1, 0.15) is 0 Å². The minimum absolute atomic E-state index is 0.150. The summed E-state index contributed by atoms with van der Waals surface area (Å²) in [4.78, 5) is 37.9. The van der Waals surface area contributed by atoms with Crippen molar-refractivity contribution in [3.05, 3.63) is 122 Å². The number of carbonyl (C=O) groups excluding carboxylic acids is 2. The van der Waals surface area contributed by atoms with Gasteiger partial charge in [-0.2, -0.15) is 0 Å². The monoisotopic (exact) mass is 477 g/mol. The summed E-state index contributed by atoms with van der Waals surface area (Å²) in [5, 5.41) is 5.85. The minimum Gasteiger partial charge on any atom is -0.350 e. The van der Waals surface area contributed by atoms with Crippen molar-refractivity contribution in [2.24, 2.45) is 0 Å². The summed E-state index contributed by atoms with van der Waals surface area (Å²) in [6, 6.07) is 24.0. The number of nitrogens with zero attached hydrogens (tertiary/aromatic N) is 1. The van der Waals surface area contributed by atoms with Gasteiger partial charge < -0.3 is 10.6 Å². The van der Waals surface area contributed by atoms with Crippen LogP contribution in [-0.2, 0) is 0 Å². The second-order valence-corrected chi connectivity index (χ2v) is 8.92. The van der Waals surface area contributed by atoms with Crippen LogP contribution in [0.1, 0.15) is 31.6 Å². The largest absolute Gasteiger partial charge is 0.350 e. The molecule has 2 aromatic heterocycles. The lowest BCUT2D eigenvalue weighted by Gasteiger charge is -2.20. The van der Waals surface area contributed by atoms with E-state index in [1.165, 1.54) is 22.0 Å². The molecule has 0 radical (unpaired) electrons. The van der Waals surface area contributed by atoms with Crippen LogP contribution in [0, 0.1) is 0 Å². The number of pyridine rings is 1. The summed E-state index contributed by atoms with van der Waals surface area (Å²) in [7, 11) is 0. The standard InChI is InChI=1S/C25H20ClN3O3S/c26-22-14-13-21(33-22)25(32)28-20(17-6-2-1-3-7-17)16-27-24(31)18-9-11-19(12-10-18)29-15-5-4-8-23(29)30/h1-15,20H,16H2,(H,27,31)(H,28,32). The second-order valence-electron chi connectivity index (χ2n) is 7.21. The van der Waals surface area contributed by atoms with E-state index in [-0.39, 0.29) is 23.9 Å². The maximum absolute atomic E-state index is 12.7. The highest BCUT2D eigenvalue weighted by molar-refractivity contribution is 7.18. The predicted molar refractivity (Wildman–Crippen MR) is 130 cm³/mol. The number of benzene rings is 2. The van der Waals surface area contributed by atoms with Crippen molar-refractivity contribution in [2.75, 3.05) is 6.54 Å². The molecule has 2 N–H and O–H groups in total. The first-order valence-electron chi connectivity index (χ1n) is 10.2. The fraction of sp³-hybridized carbons (Fsp3) is 0.0800. The van der Waals surface area contributed by atoms with Crippen molar-refractivity contribution < 1.29 is 9.59 Å². The van der Waals surface area contributed by atoms with E-state index in [0.717, 1.165) is 5.56 Å². The third-order valence-electron chi connectivity index (χ3n) is 5.00. The lowest BCUT2D eigenvalue weighted by atomic mass is 10.1. The van der Waals surface area contributed by atoms with Crippen molar-refractivity contribution in [2.45, 2.75) is 6.04 Å². The Bertz CT molecular complexity index is 1320. The zero-order chi connectivity index (χ0) is 23.2. The molecule has 6 nitrogen and oxygen atoms in total. The first-order valence-corrected chi connectivity index (χ1v) is 11.4. The number of amides is 2. The molecule has 4 aromatic rings. The maximum Gasteiger partial charge on any atom is 0.261 e. The number of hydrogen-bond acceptors (Lipinski definition) is 4. The number of aromatic nitrogens is 1. The van der Waals surface area contributed by atoms with E-state index in [1.54, 1.807) is 54.7 Å². The summed E-state index contributed by atoms with van der Waals surface area (Å²) in [6.07, 6.45) is 1.67. The third-order valence-corrected chi connectivity index (χ3v) is 6.23. The van der Waals surface area contributed by atoms with Gasteiger partial charge in [0.05, 0.1) is 15.3 Å². The molecular weight excluding hydrogens is 458 g/mol. The Balaban J connectivity index is 1.46. The average Bonchev–Trinajstić information content (AvgIpc) is 3.29. The summed E-state index contributed by atoms with van der Waals surface area (Å²) in [5.74, 6) is -0.538. The number of nitrogens with one attached hydrogen (secondary N) is 2. The van der Waals surface area contributed by atoms with Crippen molar-refractivity contribution in [3.63, 3.8) is 0 Å². The fourth-order valence-corrected chi connectivity index (χ4v) is 4.26. The third kappa shape index (κ3) is 5.58. The van der Waals surface area contributed by atoms with E-state index in [4.69, 9.17) is 11.6 Å². The van der Waals surface area contributed by atoms with Gasteiger partial charge in [-0.3, -0.25) is 19.0 Å². The highest BCUT2D eigenvalue weighted by atomic mass is 35.5. The zero-order valence-corrected chi connectivity index (χ0v) is 19.0. The lowest BCUT2D eigenvalue weighted by molar-refractivity contribution is 0.0911. The Kier molecular flexibility index (Phi) is 7.02. The van der Waals surface area contributed by atoms with Crippen molar-refractivity contribution >= 4 is 34.8 Å². The van der Waals surface area contributed by atoms with Crippen LogP contribution in [0.2, 0.25) is 4.34 Å². The molecular formula is C25H20ClN3O3S. The predicted octanol–water partition coefficient (Wildman–Crippen LogP) is 4.45. The first kappa shape index (κ1) is 22.5. The summed E-state index contributed by atoms with van der Waals surface area (Å²) in [6.45, 7) is 0.202. The molecule has 0 bridgehead atoms. The number of rotatable bonds is 7. The molecule has 0 saturated heterocycles. The number of thiophene rings is 1. The topological polar surface area (TPSA) is 80.2 Å². The van der Waals surface area contributed by atoms with Crippen molar-refractivity contribution in [1.29, 1.82) is 0 Å². The molecule has 0 aliphatic carbocycles. The Labute approximate surface area is 199 Å². The number of carbonyl (C=O) groups is 2. The van der Waals surface area contributed by atoms with Crippen molar-refractivity contribution in [3.8, 4) is 5.69 Å². The maximum atomic E-state index is 12.7. The van der Waals surface area contributed by atoms with Crippen LogP contribution in [0.5, 0.6) is 0 Å². The van der Waals surface area contributed by atoms with Crippen LogP contribution in [0.15, 0.2) is 95.9 Å². The molecule has 2 aromatic carbocycles. The quantitative estimate of drug-likeness (QED) is 0.412. The molecule has 2 amide bonds. The van der Waals surface area contributed by atoms with Gasteiger partial charge in [-0.25, -0.2) is 0 Å². The van der Waals surface area contributed by atoms with E-state index in [2.05, 4.69) is 10.6 Å². The zero-order valence-electron chi connectivity index (χ0n) is 17.4. The van der Waals surface area contributed by atoms with Gasteiger partial charge in [0.25, 0.3) is 17.4 Å². The number of halogens is 1. The lowest BCUT2D eigenvalue weighted by Crippen LogP contribution is -2.37. The van der Waals surface area contributed by atoms with Crippen LogP contribution in [-0.4, -0.2) is 22.9 Å². The Morgan fingerprint density at radius 1 is 0.879 bits per heavy atom. The Morgan fingerprint density at radius 3 is 2.27 bits per heavy atom. The molecule has 166 valence electrons. The summed E-state index contributed by atoms with van der Waals surface area (Å²) >= 11 is 7.15. The molecule has 1 unspecified atom stereocenters. The van der Waals surface area contributed by atoms with Gasteiger partial charge in [-0.1, -0.05) is 48.0 Å². The van der Waals surface area contributed by atoms with E-state index in [0.29, 0.717) is 20.5 Å². The van der Waals surface area contributed by atoms with Gasteiger partial charge in [-0.15, -0.1) is 11.3 Å². The Morgan fingerprint density at radius 2 is 1.61 bits per heavy atom. The average molecular weight is 478 g/mol. The molecule has 33 heavy (non-hydrogen) atoms. The van der Waals surface area contributed by atoms with Gasteiger partial charge >= 0.3 is 0 Å². The minimum atomic E-state index is -0.425. The molecule has 0 spiro atoms. The highest BCUT2D eigenvalue weighted by Gasteiger charge is 2.18. The molecule has 0 saturated carbocycles. The van der Waals surface area contributed by atoms with Gasteiger partial charge in [0, 0.05) is 30.1 Å². The van der Waals surface area contributed by atoms with Crippen LogP contribution >= 0.6 is 22.9 Å². The normalized spacial score (nSPS) is 11.5. The molecule has 0 aliphatic heterocycles. The van der Waals surface area contributed by atoms with Crippen LogP contribution in [0.4, 0.5) is 0 Å². The summed E-state index contributed by atoms with van der Waals surface area (Å²) < 4.78 is 2.03. The smallest absolute Gasteiger partial charge is 0.261 e. The van der Waals surface area contributed by atoms with Gasteiger partial charge in [-0.05, 0) is 48.0 Å². The molecule has 1 atom stereocenters. The van der Waals surface area contributed by atoms with Crippen molar-refractivity contribution in [1.82, 2.24) is 15.2 Å². The first-order chi connectivity index (χ1) is 16.0. The van der Waals surface area contributed by atoms with Gasteiger partial charge in [0.15, 0.2) is 0 Å². The number of hydrogen-bond donors (Lipinski definition) is 2. The molecule has 0 aliphatic rings. The summed E-state index contributed by atoms with van der Waals surface area (Å²) in [5.41, 5.74) is 1.84. The van der Waals surface area contributed by atoms with Crippen LogP contribution in [0.25, 0.3) is 5.69 Å². The van der Waals surface area contributed by atoms with E-state index < -0.39 is 6.04 Å². The highest BCUT2D eigenvalue weighted by Crippen LogP contribution is 2.22. The molecule has 8 heteroatoms. The molecule has 2 heterocycles. The van der Waals surface area contributed by atoms with E-state index >= 15 is 0 Å².